The van der Waals surface area contributed by atoms with Crippen molar-refractivity contribution in [2.45, 2.75) is 19.9 Å². The van der Waals surface area contributed by atoms with Gasteiger partial charge >= 0.3 is 0 Å². The number of hydrogen-bond donors (Lipinski definition) is 1. The summed E-state index contributed by atoms with van der Waals surface area (Å²) in [4.78, 5) is 0. The topological polar surface area (TPSA) is 17.0 Å². The van der Waals surface area contributed by atoms with E-state index in [9.17, 15) is 0 Å². The number of hydrogen-bond acceptors (Lipinski definition) is 1. The van der Waals surface area contributed by atoms with Gasteiger partial charge in [-0.1, -0.05) is 42.0 Å². The lowest BCUT2D eigenvalue weighted by molar-refractivity contribution is 0.634. The number of aromatic nitrogens is 1. The molecule has 1 N–H and O–H groups in total. The summed E-state index contributed by atoms with van der Waals surface area (Å²) in [6.07, 6.45) is 5.50. The highest BCUT2D eigenvalue weighted by Gasteiger charge is 2.18. The Morgan fingerprint density at radius 3 is 2.82 bits per heavy atom. The number of nitrogens with one attached hydrogen (secondary N) is 1. The molecule has 0 aliphatic carbocycles. The minimum absolute atomic E-state index is 0.974. The minimum Gasteiger partial charge on any atom is -0.320 e. The fraction of sp³-hybridized carbons (Fsp3) is 0.200. The largest absolute Gasteiger partial charge is 0.320 e. The van der Waals surface area contributed by atoms with Crippen LogP contribution in [0.15, 0.2) is 48.5 Å². The lowest BCUT2D eigenvalue weighted by atomic mass is 10.0. The molecule has 0 bridgehead atoms. The molecule has 1 aliphatic rings. The molecule has 0 unspecified atom stereocenters. The molecule has 1 aliphatic heterocycles. The molecule has 0 saturated carbocycles. The highest BCUT2D eigenvalue weighted by molar-refractivity contribution is 5.89. The van der Waals surface area contributed by atoms with Gasteiger partial charge in [0.2, 0.25) is 0 Å². The van der Waals surface area contributed by atoms with Crippen LogP contribution >= 0.6 is 0 Å². The van der Waals surface area contributed by atoms with E-state index in [0.717, 1.165) is 19.5 Å². The smallest absolute Gasteiger partial charge is 0.0528 e. The predicted molar refractivity (Wildman–Crippen MR) is 93.8 cm³/mol. The van der Waals surface area contributed by atoms with Crippen LogP contribution in [0.5, 0.6) is 0 Å². The first-order valence-electron chi connectivity index (χ1n) is 7.89. The molecule has 0 amide bonds. The van der Waals surface area contributed by atoms with Gasteiger partial charge < -0.3 is 9.88 Å². The van der Waals surface area contributed by atoms with E-state index in [1.807, 2.05) is 0 Å². The Hall–Kier alpha value is -2.32. The van der Waals surface area contributed by atoms with E-state index in [2.05, 4.69) is 77.6 Å². The highest BCUT2D eigenvalue weighted by atomic mass is 15.0. The van der Waals surface area contributed by atoms with Crippen molar-refractivity contribution in [1.82, 2.24) is 9.88 Å². The Bertz CT molecular complexity index is 841. The molecule has 1 aromatic heterocycles. The van der Waals surface area contributed by atoms with Crippen LogP contribution in [0.25, 0.3) is 23.2 Å². The molecule has 2 nitrogen and oxygen atoms in total. The number of fused-ring (bicyclic) bond motifs is 3. The van der Waals surface area contributed by atoms with Gasteiger partial charge in [-0.15, -0.1) is 0 Å². The summed E-state index contributed by atoms with van der Waals surface area (Å²) >= 11 is 0. The molecule has 4 rings (SSSR count). The third kappa shape index (κ3) is 2.26. The second-order valence-corrected chi connectivity index (χ2v) is 5.97. The quantitative estimate of drug-likeness (QED) is 0.747. The van der Waals surface area contributed by atoms with E-state index in [4.69, 9.17) is 0 Å². The Morgan fingerprint density at radius 2 is 1.95 bits per heavy atom. The summed E-state index contributed by atoms with van der Waals surface area (Å²) in [5.74, 6) is 0. The third-order valence-corrected chi connectivity index (χ3v) is 4.43. The van der Waals surface area contributed by atoms with Crippen LogP contribution in [0.1, 0.15) is 22.4 Å². The Balaban J connectivity index is 1.88. The maximum Gasteiger partial charge on any atom is 0.0528 e. The average molecular weight is 288 g/mol. The number of aryl methyl sites for hydroxylation is 1. The molecule has 2 aromatic carbocycles. The summed E-state index contributed by atoms with van der Waals surface area (Å²) in [5, 5.41) is 4.89. The Labute approximate surface area is 131 Å². The molecular formula is C20H20N2. The summed E-state index contributed by atoms with van der Waals surface area (Å²) in [6, 6.07) is 17.3. The van der Waals surface area contributed by atoms with Crippen molar-refractivity contribution in [3.8, 4) is 0 Å². The molecule has 0 spiro atoms. The van der Waals surface area contributed by atoms with Gasteiger partial charge in [0, 0.05) is 36.8 Å². The van der Waals surface area contributed by atoms with E-state index >= 15 is 0 Å². The van der Waals surface area contributed by atoms with Crippen molar-refractivity contribution in [1.29, 1.82) is 0 Å². The van der Waals surface area contributed by atoms with Crippen LogP contribution in [-0.4, -0.2) is 11.1 Å². The van der Waals surface area contributed by atoms with Crippen molar-refractivity contribution >= 4 is 23.2 Å². The standard InChI is InChI=1S/C20H20N2/c1-15-7-8-19-17(13-15)18-14-21-11-9-20(18)22(19)12-10-16-5-3-2-4-6-16/h2-8,10,12-13,21H,9,11,14H2,1H3/b12-10+. The van der Waals surface area contributed by atoms with Crippen molar-refractivity contribution in [2.24, 2.45) is 0 Å². The SMILES string of the molecule is Cc1ccc2c(c1)c1c(n2/C=C/c2ccccc2)CCNC1. The Kier molecular flexibility index (Phi) is 3.32. The van der Waals surface area contributed by atoms with Gasteiger partial charge in [0.25, 0.3) is 0 Å². The van der Waals surface area contributed by atoms with E-state index in [-0.39, 0.29) is 0 Å². The van der Waals surface area contributed by atoms with Crippen LogP contribution in [0, 0.1) is 6.92 Å². The molecule has 0 atom stereocenters. The zero-order valence-corrected chi connectivity index (χ0v) is 12.8. The molecule has 2 heteroatoms. The van der Waals surface area contributed by atoms with E-state index < -0.39 is 0 Å². The van der Waals surface area contributed by atoms with Gasteiger partial charge in [-0.2, -0.15) is 0 Å². The summed E-state index contributed by atoms with van der Waals surface area (Å²) < 4.78 is 2.37. The molecule has 22 heavy (non-hydrogen) atoms. The molecule has 0 fully saturated rings. The lowest BCUT2D eigenvalue weighted by Gasteiger charge is -2.15. The van der Waals surface area contributed by atoms with Crippen molar-refractivity contribution in [3.63, 3.8) is 0 Å². The van der Waals surface area contributed by atoms with Crippen LogP contribution in [0.4, 0.5) is 0 Å². The number of rotatable bonds is 2. The van der Waals surface area contributed by atoms with Crippen molar-refractivity contribution in [3.05, 3.63) is 70.9 Å². The van der Waals surface area contributed by atoms with Gasteiger partial charge in [0.1, 0.15) is 0 Å². The first-order chi connectivity index (χ1) is 10.8. The molecule has 3 aromatic rings. The number of nitrogens with zero attached hydrogens (tertiary/aromatic N) is 1. The predicted octanol–water partition coefficient (Wildman–Crippen LogP) is 4.22. The van der Waals surface area contributed by atoms with E-state index in [1.165, 1.54) is 33.3 Å². The molecular weight excluding hydrogens is 268 g/mol. The Morgan fingerprint density at radius 1 is 1.09 bits per heavy atom. The summed E-state index contributed by atoms with van der Waals surface area (Å²) in [7, 11) is 0. The first-order valence-corrected chi connectivity index (χ1v) is 7.89. The maximum atomic E-state index is 3.50. The third-order valence-electron chi connectivity index (χ3n) is 4.43. The van der Waals surface area contributed by atoms with Gasteiger partial charge in [-0.05, 0) is 36.3 Å². The van der Waals surface area contributed by atoms with Gasteiger partial charge in [0.05, 0.1) is 5.52 Å². The zero-order valence-electron chi connectivity index (χ0n) is 12.8. The van der Waals surface area contributed by atoms with Gasteiger partial charge in [-0.25, -0.2) is 0 Å². The monoisotopic (exact) mass is 288 g/mol. The highest BCUT2D eigenvalue weighted by Crippen LogP contribution is 2.30. The average Bonchev–Trinajstić information content (AvgIpc) is 2.87. The van der Waals surface area contributed by atoms with E-state index in [1.54, 1.807) is 0 Å². The van der Waals surface area contributed by atoms with Crippen LogP contribution in [0.2, 0.25) is 0 Å². The zero-order chi connectivity index (χ0) is 14.9. The fourth-order valence-electron chi connectivity index (χ4n) is 3.33. The van der Waals surface area contributed by atoms with Crippen LogP contribution < -0.4 is 5.32 Å². The normalized spacial score (nSPS) is 14.6. The second-order valence-electron chi connectivity index (χ2n) is 5.97. The number of benzene rings is 2. The molecule has 0 saturated heterocycles. The fourth-order valence-corrected chi connectivity index (χ4v) is 3.33. The molecule has 2 heterocycles. The first kappa shape index (κ1) is 13.4. The van der Waals surface area contributed by atoms with Crippen molar-refractivity contribution in [2.75, 3.05) is 6.54 Å². The lowest BCUT2D eigenvalue weighted by Crippen LogP contribution is -2.24. The van der Waals surface area contributed by atoms with Gasteiger partial charge in [0.15, 0.2) is 0 Å². The van der Waals surface area contributed by atoms with Crippen molar-refractivity contribution < 1.29 is 0 Å². The van der Waals surface area contributed by atoms with Crippen LogP contribution in [-0.2, 0) is 13.0 Å². The van der Waals surface area contributed by atoms with Gasteiger partial charge in [-0.3, -0.25) is 0 Å². The molecule has 110 valence electrons. The summed E-state index contributed by atoms with van der Waals surface area (Å²) in [5.41, 5.74) is 6.78. The van der Waals surface area contributed by atoms with E-state index in [0.29, 0.717) is 0 Å². The van der Waals surface area contributed by atoms with Crippen LogP contribution in [0.3, 0.4) is 0 Å². The molecule has 0 radical (unpaired) electrons. The second kappa shape index (κ2) is 5.47. The maximum absolute atomic E-state index is 3.50. The summed E-state index contributed by atoms with van der Waals surface area (Å²) in [6.45, 7) is 4.20. The minimum atomic E-state index is 0.974.